The van der Waals surface area contributed by atoms with Crippen molar-refractivity contribution >= 4 is 53.6 Å². The first-order chi connectivity index (χ1) is 17.3. The SMILES string of the molecule is CC(C)Cc1ccc2sc(-c3cc4c(-c5cc(C(C)(C)C)c6ccccc6c5)nccc4s3)cc2c1. The Balaban J connectivity index is 1.48. The van der Waals surface area contributed by atoms with Crippen molar-refractivity contribution in [3.05, 3.63) is 90.1 Å². The molecule has 6 rings (SSSR count). The van der Waals surface area contributed by atoms with Gasteiger partial charge in [-0.1, -0.05) is 71.0 Å². The van der Waals surface area contributed by atoms with E-state index >= 15 is 0 Å². The summed E-state index contributed by atoms with van der Waals surface area (Å²) in [6, 6.07) is 27.2. The maximum absolute atomic E-state index is 4.91. The molecule has 0 saturated heterocycles. The summed E-state index contributed by atoms with van der Waals surface area (Å²) in [6.45, 7) is 11.5. The summed E-state index contributed by atoms with van der Waals surface area (Å²) in [6.07, 6.45) is 3.09. The minimum absolute atomic E-state index is 0.0504. The fourth-order valence-corrected chi connectivity index (χ4v) is 7.37. The van der Waals surface area contributed by atoms with Crippen LogP contribution < -0.4 is 0 Å². The van der Waals surface area contributed by atoms with Crippen LogP contribution >= 0.6 is 22.7 Å². The van der Waals surface area contributed by atoms with Gasteiger partial charge in [0.05, 0.1) is 5.69 Å². The molecule has 0 unspecified atom stereocenters. The number of aromatic nitrogens is 1. The van der Waals surface area contributed by atoms with Gasteiger partial charge in [-0.2, -0.15) is 0 Å². The van der Waals surface area contributed by atoms with Gasteiger partial charge in [0.25, 0.3) is 0 Å². The third-order valence-electron chi connectivity index (χ3n) is 6.86. The number of thiophene rings is 2. The highest BCUT2D eigenvalue weighted by atomic mass is 32.1. The summed E-state index contributed by atoms with van der Waals surface area (Å²) in [5.74, 6) is 0.669. The Bertz CT molecular complexity index is 1730. The average Bonchev–Trinajstić information content (AvgIpc) is 3.46. The summed E-state index contributed by atoms with van der Waals surface area (Å²) in [7, 11) is 0. The zero-order valence-electron chi connectivity index (χ0n) is 21.6. The van der Waals surface area contributed by atoms with E-state index in [1.807, 2.05) is 28.9 Å². The molecule has 1 nitrogen and oxygen atoms in total. The van der Waals surface area contributed by atoms with Gasteiger partial charge in [0.2, 0.25) is 0 Å². The van der Waals surface area contributed by atoms with Crippen LogP contribution in [0.3, 0.4) is 0 Å². The van der Waals surface area contributed by atoms with E-state index in [0.29, 0.717) is 5.92 Å². The Morgan fingerprint density at radius 3 is 2.33 bits per heavy atom. The van der Waals surface area contributed by atoms with Crippen molar-refractivity contribution in [3.8, 4) is 21.0 Å². The number of hydrogen-bond donors (Lipinski definition) is 0. The summed E-state index contributed by atoms with van der Waals surface area (Å²) < 4.78 is 2.65. The molecule has 180 valence electrons. The van der Waals surface area contributed by atoms with Crippen LogP contribution in [0.2, 0.25) is 0 Å². The Hall–Kier alpha value is -3.01. The van der Waals surface area contributed by atoms with Crippen LogP contribution in [0.25, 0.3) is 52.0 Å². The second-order valence-electron chi connectivity index (χ2n) is 11.3. The van der Waals surface area contributed by atoms with E-state index in [1.54, 1.807) is 0 Å². The Kier molecular flexibility index (Phi) is 5.74. The molecule has 0 aliphatic heterocycles. The van der Waals surface area contributed by atoms with Crippen molar-refractivity contribution in [1.29, 1.82) is 0 Å². The van der Waals surface area contributed by atoms with Gasteiger partial charge in [-0.15, -0.1) is 22.7 Å². The Morgan fingerprint density at radius 1 is 0.750 bits per heavy atom. The molecule has 36 heavy (non-hydrogen) atoms. The minimum Gasteiger partial charge on any atom is -0.256 e. The summed E-state index contributed by atoms with van der Waals surface area (Å²) >= 11 is 3.77. The van der Waals surface area contributed by atoms with Crippen molar-refractivity contribution in [2.24, 2.45) is 5.92 Å². The molecule has 0 aliphatic carbocycles. The van der Waals surface area contributed by atoms with Crippen molar-refractivity contribution < 1.29 is 0 Å². The van der Waals surface area contributed by atoms with E-state index in [2.05, 4.69) is 107 Å². The van der Waals surface area contributed by atoms with E-state index in [9.17, 15) is 0 Å². The van der Waals surface area contributed by atoms with Crippen LogP contribution in [0.1, 0.15) is 45.7 Å². The zero-order chi connectivity index (χ0) is 25.0. The average molecular weight is 506 g/mol. The summed E-state index contributed by atoms with van der Waals surface area (Å²) in [5.41, 5.74) is 5.12. The van der Waals surface area contributed by atoms with Gasteiger partial charge in [0, 0.05) is 36.3 Å². The highest BCUT2D eigenvalue weighted by Gasteiger charge is 2.20. The molecule has 3 heteroatoms. The first-order valence-corrected chi connectivity index (χ1v) is 14.3. The molecule has 3 aromatic heterocycles. The Labute approximate surface area is 221 Å². The van der Waals surface area contributed by atoms with E-state index in [1.165, 1.54) is 57.4 Å². The first-order valence-electron chi connectivity index (χ1n) is 12.7. The second kappa shape index (κ2) is 8.83. The lowest BCUT2D eigenvalue weighted by molar-refractivity contribution is 0.596. The lowest BCUT2D eigenvalue weighted by Gasteiger charge is -2.22. The Morgan fingerprint density at radius 2 is 1.53 bits per heavy atom. The molecule has 0 spiro atoms. The van der Waals surface area contributed by atoms with Gasteiger partial charge in [0.1, 0.15) is 0 Å². The third kappa shape index (κ3) is 4.25. The predicted molar refractivity (Wildman–Crippen MR) is 161 cm³/mol. The predicted octanol–water partition coefficient (Wildman–Crippen LogP) is 10.5. The molecule has 3 heterocycles. The molecular weight excluding hydrogens is 475 g/mol. The second-order valence-corrected chi connectivity index (χ2v) is 13.4. The molecule has 0 amide bonds. The number of benzene rings is 3. The van der Waals surface area contributed by atoms with E-state index in [0.717, 1.165) is 12.1 Å². The van der Waals surface area contributed by atoms with Crippen LogP contribution in [0.15, 0.2) is 79.0 Å². The molecule has 0 radical (unpaired) electrons. The molecule has 0 saturated carbocycles. The molecule has 3 aromatic carbocycles. The van der Waals surface area contributed by atoms with Gasteiger partial charge in [-0.3, -0.25) is 4.98 Å². The third-order valence-corrected chi connectivity index (χ3v) is 9.27. The lowest BCUT2D eigenvalue weighted by Crippen LogP contribution is -2.12. The number of hydrogen-bond acceptors (Lipinski definition) is 3. The normalized spacial score (nSPS) is 12.4. The van der Waals surface area contributed by atoms with E-state index in [4.69, 9.17) is 4.98 Å². The van der Waals surface area contributed by atoms with Crippen molar-refractivity contribution in [3.63, 3.8) is 0 Å². The minimum atomic E-state index is 0.0504. The topological polar surface area (TPSA) is 12.9 Å². The van der Waals surface area contributed by atoms with E-state index in [-0.39, 0.29) is 5.41 Å². The smallest absolute Gasteiger partial charge is 0.0789 e. The molecule has 6 aromatic rings. The monoisotopic (exact) mass is 505 g/mol. The number of pyridine rings is 1. The van der Waals surface area contributed by atoms with E-state index < -0.39 is 0 Å². The van der Waals surface area contributed by atoms with Crippen LogP contribution in [-0.2, 0) is 11.8 Å². The largest absolute Gasteiger partial charge is 0.256 e. The molecule has 0 atom stereocenters. The fourth-order valence-electron chi connectivity index (χ4n) is 5.19. The van der Waals surface area contributed by atoms with Gasteiger partial charge in [0.15, 0.2) is 0 Å². The van der Waals surface area contributed by atoms with Crippen LogP contribution in [0.5, 0.6) is 0 Å². The van der Waals surface area contributed by atoms with Crippen LogP contribution in [0.4, 0.5) is 0 Å². The van der Waals surface area contributed by atoms with Gasteiger partial charge in [-0.05, 0) is 81.4 Å². The number of fused-ring (bicyclic) bond motifs is 3. The standard InChI is InChI=1S/C33H31NS2/c1-20(2)14-21-10-11-28-23(15-21)18-30(35-28)31-19-26-29(36-31)12-13-34-32(26)24-16-22-8-6-7-9-25(22)27(17-24)33(3,4)5/h6-13,15-20H,14H2,1-5H3. The van der Waals surface area contributed by atoms with Crippen molar-refractivity contribution in [2.75, 3.05) is 0 Å². The first kappa shape index (κ1) is 23.4. The van der Waals surface area contributed by atoms with Gasteiger partial charge < -0.3 is 0 Å². The maximum atomic E-state index is 4.91. The maximum Gasteiger partial charge on any atom is 0.0789 e. The van der Waals surface area contributed by atoms with Crippen molar-refractivity contribution in [2.45, 2.75) is 46.5 Å². The highest BCUT2D eigenvalue weighted by Crippen LogP contribution is 2.43. The molecule has 0 fully saturated rings. The summed E-state index contributed by atoms with van der Waals surface area (Å²) in [4.78, 5) is 7.57. The van der Waals surface area contributed by atoms with Gasteiger partial charge >= 0.3 is 0 Å². The zero-order valence-corrected chi connectivity index (χ0v) is 23.2. The molecule has 0 aliphatic rings. The van der Waals surface area contributed by atoms with Crippen LogP contribution in [-0.4, -0.2) is 4.98 Å². The van der Waals surface area contributed by atoms with Crippen molar-refractivity contribution in [1.82, 2.24) is 4.98 Å². The number of rotatable bonds is 4. The fraction of sp³-hybridized carbons (Fsp3) is 0.242. The molecular formula is C33H31NS2. The van der Waals surface area contributed by atoms with Crippen LogP contribution in [0, 0.1) is 5.92 Å². The van der Waals surface area contributed by atoms with Gasteiger partial charge in [-0.25, -0.2) is 0 Å². The molecule has 0 bridgehead atoms. The molecule has 0 N–H and O–H groups in total. The lowest BCUT2D eigenvalue weighted by atomic mass is 9.82. The summed E-state index contributed by atoms with van der Waals surface area (Å²) in [5, 5.41) is 5.20. The quantitative estimate of drug-likeness (QED) is 0.232. The number of nitrogens with zero attached hydrogens (tertiary/aromatic N) is 1. The highest BCUT2D eigenvalue weighted by molar-refractivity contribution is 7.28.